The standard InChI is InChI=1S/C25H22FN3O/c1-17-6-2-4-8-22(17)28-16-19(14-24(28)30)25-27-21-7-3-5-9-23(21)29(25)15-18-10-12-20(26)13-11-18/h2-13,19H,14-16H2,1H3/t19-/m0/s1. The molecular formula is C25H22FN3O. The molecule has 1 aliphatic heterocycles. The molecule has 1 atom stereocenters. The van der Waals surface area contributed by atoms with Crippen LogP contribution < -0.4 is 4.90 Å². The second-order valence-electron chi connectivity index (χ2n) is 7.86. The van der Waals surface area contributed by atoms with Crippen molar-refractivity contribution in [3.05, 3.63) is 95.6 Å². The first-order valence-electron chi connectivity index (χ1n) is 10.2. The number of amides is 1. The lowest BCUT2D eigenvalue weighted by atomic mass is 10.1. The Hall–Kier alpha value is -3.47. The van der Waals surface area contributed by atoms with Gasteiger partial charge in [-0.1, -0.05) is 42.5 Å². The van der Waals surface area contributed by atoms with Crippen molar-refractivity contribution in [1.29, 1.82) is 0 Å². The Morgan fingerprint density at radius 1 is 1.00 bits per heavy atom. The molecule has 3 aromatic carbocycles. The third kappa shape index (κ3) is 3.26. The molecule has 1 amide bonds. The van der Waals surface area contributed by atoms with E-state index in [-0.39, 0.29) is 17.6 Å². The van der Waals surface area contributed by atoms with Gasteiger partial charge in [-0.25, -0.2) is 9.37 Å². The number of aromatic nitrogens is 2. The molecule has 5 heteroatoms. The number of nitrogens with zero attached hydrogens (tertiary/aromatic N) is 3. The van der Waals surface area contributed by atoms with E-state index in [0.717, 1.165) is 33.7 Å². The third-order valence-corrected chi connectivity index (χ3v) is 5.83. The smallest absolute Gasteiger partial charge is 0.227 e. The lowest BCUT2D eigenvalue weighted by molar-refractivity contribution is -0.117. The summed E-state index contributed by atoms with van der Waals surface area (Å²) in [7, 11) is 0. The molecule has 0 aliphatic carbocycles. The van der Waals surface area contributed by atoms with Gasteiger partial charge in [0.15, 0.2) is 0 Å². The maximum absolute atomic E-state index is 13.4. The highest BCUT2D eigenvalue weighted by atomic mass is 19.1. The van der Waals surface area contributed by atoms with Crippen molar-refractivity contribution < 1.29 is 9.18 Å². The lowest BCUT2D eigenvalue weighted by Gasteiger charge is -2.19. The SMILES string of the molecule is Cc1ccccc1N1C[C@@H](c2nc3ccccc3n2Cc2ccc(F)cc2)CC1=O. The molecule has 0 unspecified atom stereocenters. The number of benzene rings is 3. The molecule has 1 saturated heterocycles. The van der Waals surface area contributed by atoms with Gasteiger partial charge in [0.05, 0.1) is 11.0 Å². The molecular weight excluding hydrogens is 377 g/mol. The van der Waals surface area contributed by atoms with E-state index in [1.54, 1.807) is 12.1 Å². The number of fused-ring (bicyclic) bond motifs is 1. The van der Waals surface area contributed by atoms with Crippen LogP contribution in [-0.4, -0.2) is 22.0 Å². The van der Waals surface area contributed by atoms with Crippen molar-refractivity contribution >= 4 is 22.6 Å². The predicted molar refractivity (Wildman–Crippen MR) is 116 cm³/mol. The van der Waals surface area contributed by atoms with E-state index >= 15 is 0 Å². The molecule has 1 aromatic heterocycles. The number of aryl methyl sites for hydroxylation is 1. The van der Waals surface area contributed by atoms with E-state index in [9.17, 15) is 9.18 Å². The van der Waals surface area contributed by atoms with Crippen LogP contribution >= 0.6 is 0 Å². The van der Waals surface area contributed by atoms with E-state index < -0.39 is 0 Å². The van der Waals surface area contributed by atoms with Crippen LogP contribution in [0.1, 0.15) is 29.3 Å². The van der Waals surface area contributed by atoms with E-state index in [4.69, 9.17) is 4.98 Å². The Morgan fingerprint density at radius 2 is 1.73 bits per heavy atom. The molecule has 1 aliphatic rings. The number of para-hydroxylation sites is 3. The molecule has 4 nitrogen and oxygen atoms in total. The van der Waals surface area contributed by atoms with Crippen molar-refractivity contribution in [2.24, 2.45) is 0 Å². The molecule has 150 valence electrons. The molecule has 4 aromatic rings. The average molecular weight is 399 g/mol. The number of carbonyl (C=O) groups excluding carboxylic acids is 1. The highest BCUT2D eigenvalue weighted by Crippen LogP contribution is 2.34. The minimum Gasteiger partial charge on any atom is -0.323 e. The number of anilines is 1. The van der Waals surface area contributed by atoms with Gasteiger partial charge in [-0.3, -0.25) is 4.79 Å². The third-order valence-electron chi connectivity index (χ3n) is 5.83. The van der Waals surface area contributed by atoms with Crippen molar-refractivity contribution in [3.63, 3.8) is 0 Å². The predicted octanol–water partition coefficient (Wildman–Crippen LogP) is 5.05. The topological polar surface area (TPSA) is 38.1 Å². The van der Waals surface area contributed by atoms with E-state index in [1.807, 2.05) is 60.4 Å². The van der Waals surface area contributed by atoms with Gasteiger partial charge in [-0.2, -0.15) is 0 Å². The van der Waals surface area contributed by atoms with Crippen LogP contribution in [0.3, 0.4) is 0 Å². The van der Waals surface area contributed by atoms with Crippen LogP contribution in [0.4, 0.5) is 10.1 Å². The fourth-order valence-corrected chi connectivity index (χ4v) is 4.32. The Kier molecular flexibility index (Phi) is 4.58. The van der Waals surface area contributed by atoms with Gasteiger partial charge in [0, 0.05) is 31.1 Å². The zero-order valence-corrected chi connectivity index (χ0v) is 16.8. The summed E-state index contributed by atoms with van der Waals surface area (Å²) in [6.45, 7) is 3.22. The van der Waals surface area contributed by atoms with Crippen molar-refractivity contribution in [2.45, 2.75) is 25.8 Å². The number of rotatable bonds is 4. The Morgan fingerprint density at radius 3 is 2.53 bits per heavy atom. The van der Waals surface area contributed by atoms with Crippen molar-refractivity contribution in [2.75, 3.05) is 11.4 Å². The van der Waals surface area contributed by atoms with Crippen LogP contribution in [0.5, 0.6) is 0 Å². The van der Waals surface area contributed by atoms with Gasteiger partial charge in [0.1, 0.15) is 11.6 Å². The zero-order chi connectivity index (χ0) is 20.7. The van der Waals surface area contributed by atoms with Gasteiger partial charge in [0.2, 0.25) is 5.91 Å². The van der Waals surface area contributed by atoms with Gasteiger partial charge in [0.25, 0.3) is 0 Å². The highest BCUT2D eigenvalue weighted by molar-refractivity contribution is 5.97. The quantitative estimate of drug-likeness (QED) is 0.481. The Balaban J connectivity index is 1.53. The highest BCUT2D eigenvalue weighted by Gasteiger charge is 2.35. The Labute approximate surface area is 174 Å². The maximum atomic E-state index is 13.4. The minimum atomic E-state index is -0.246. The van der Waals surface area contributed by atoms with E-state index in [0.29, 0.717) is 19.5 Å². The molecule has 30 heavy (non-hydrogen) atoms. The maximum Gasteiger partial charge on any atom is 0.227 e. The first-order chi connectivity index (χ1) is 14.6. The number of hydrogen-bond acceptors (Lipinski definition) is 2. The van der Waals surface area contributed by atoms with Gasteiger partial charge in [-0.05, 0) is 48.4 Å². The minimum absolute atomic E-state index is 0.00459. The molecule has 2 heterocycles. The number of carbonyl (C=O) groups is 1. The number of hydrogen-bond donors (Lipinski definition) is 0. The molecule has 0 bridgehead atoms. The van der Waals surface area contributed by atoms with E-state index in [1.165, 1.54) is 12.1 Å². The number of imidazole rings is 1. The summed E-state index contributed by atoms with van der Waals surface area (Å²) >= 11 is 0. The summed E-state index contributed by atoms with van der Waals surface area (Å²) in [4.78, 5) is 19.7. The molecule has 0 saturated carbocycles. The molecule has 0 spiro atoms. The second-order valence-corrected chi connectivity index (χ2v) is 7.86. The Bertz CT molecular complexity index is 1230. The average Bonchev–Trinajstić information content (AvgIpc) is 3.31. The normalized spacial score (nSPS) is 16.5. The summed E-state index contributed by atoms with van der Waals surface area (Å²) in [5, 5.41) is 0. The summed E-state index contributed by atoms with van der Waals surface area (Å²) in [6.07, 6.45) is 0.432. The second kappa shape index (κ2) is 7.41. The summed E-state index contributed by atoms with van der Waals surface area (Å²) < 4.78 is 15.5. The van der Waals surface area contributed by atoms with Crippen LogP contribution in [0.15, 0.2) is 72.8 Å². The molecule has 0 radical (unpaired) electrons. The zero-order valence-electron chi connectivity index (χ0n) is 16.8. The molecule has 0 N–H and O–H groups in total. The molecule has 1 fully saturated rings. The van der Waals surface area contributed by atoms with Gasteiger partial charge < -0.3 is 9.47 Å². The summed E-state index contributed by atoms with van der Waals surface area (Å²) in [5.74, 6) is 0.786. The van der Waals surface area contributed by atoms with Gasteiger partial charge in [-0.15, -0.1) is 0 Å². The van der Waals surface area contributed by atoms with Crippen LogP contribution in [-0.2, 0) is 11.3 Å². The van der Waals surface area contributed by atoms with Crippen molar-refractivity contribution in [3.8, 4) is 0 Å². The summed E-state index contributed by atoms with van der Waals surface area (Å²) in [6, 6.07) is 22.5. The van der Waals surface area contributed by atoms with Gasteiger partial charge >= 0.3 is 0 Å². The van der Waals surface area contributed by atoms with Crippen LogP contribution in [0.25, 0.3) is 11.0 Å². The molecule has 5 rings (SSSR count). The lowest BCUT2D eigenvalue weighted by Crippen LogP contribution is -2.25. The first-order valence-corrected chi connectivity index (χ1v) is 10.2. The van der Waals surface area contributed by atoms with Crippen LogP contribution in [0, 0.1) is 12.7 Å². The largest absolute Gasteiger partial charge is 0.323 e. The first kappa shape index (κ1) is 18.6. The van der Waals surface area contributed by atoms with E-state index in [2.05, 4.69) is 4.57 Å². The fraction of sp³-hybridized carbons (Fsp3) is 0.200. The number of halogens is 1. The monoisotopic (exact) mass is 399 g/mol. The van der Waals surface area contributed by atoms with Crippen LogP contribution in [0.2, 0.25) is 0 Å². The fourth-order valence-electron chi connectivity index (χ4n) is 4.32. The summed E-state index contributed by atoms with van der Waals surface area (Å²) in [5.41, 5.74) is 4.99. The van der Waals surface area contributed by atoms with Crippen molar-refractivity contribution in [1.82, 2.24) is 9.55 Å².